The number of aromatic nitrogens is 3. The molecular weight excluding hydrogens is 256 g/mol. The van der Waals surface area contributed by atoms with Gasteiger partial charge in [-0.1, -0.05) is 0 Å². The van der Waals surface area contributed by atoms with Gasteiger partial charge in [-0.25, -0.2) is 4.98 Å². The zero-order valence-electron chi connectivity index (χ0n) is 8.95. The Labute approximate surface area is 96.6 Å². The maximum absolute atomic E-state index is 5.84. The van der Waals surface area contributed by atoms with Gasteiger partial charge in [-0.3, -0.25) is 4.68 Å². The number of hydrogen-bond donors (Lipinski definition) is 1. The van der Waals surface area contributed by atoms with E-state index in [0.29, 0.717) is 11.9 Å². The number of halogens is 1. The van der Waals surface area contributed by atoms with Gasteiger partial charge in [0.25, 0.3) is 0 Å². The molecule has 0 saturated carbocycles. The molecule has 0 atom stereocenters. The molecule has 15 heavy (non-hydrogen) atoms. The average Bonchev–Trinajstić information content (AvgIpc) is 2.51. The number of anilines is 1. The van der Waals surface area contributed by atoms with Crippen LogP contribution in [0, 0.1) is 6.92 Å². The second kappa shape index (κ2) is 3.48. The van der Waals surface area contributed by atoms with Crippen molar-refractivity contribution < 1.29 is 0 Å². The topological polar surface area (TPSA) is 56.7 Å². The van der Waals surface area contributed by atoms with Gasteiger partial charge in [0, 0.05) is 12.2 Å². The van der Waals surface area contributed by atoms with E-state index < -0.39 is 0 Å². The molecule has 2 aromatic rings. The monoisotopic (exact) mass is 268 g/mol. The van der Waals surface area contributed by atoms with Crippen molar-refractivity contribution in [3.63, 3.8) is 0 Å². The van der Waals surface area contributed by atoms with Crippen LogP contribution in [0.15, 0.2) is 10.8 Å². The zero-order chi connectivity index (χ0) is 11.2. The Morgan fingerprint density at radius 1 is 1.47 bits per heavy atom. The molecule has 2 heterocycles. The normalized spacial score (nSPS) is 11.5. The molecule has 0 aliphatic heterocycles. The highest BCUT2D eigenvalue weighted by molar-refractivity contribution is 9.10. The summed E-state index contributed by atoms with van der Waals surface area (Å²) in [5, 5.41) is 5.33. The summed E-state index contributed by atoms with van der Waals surface area (Å²) < 4.78 is 2.73. The molecule has 0 saturated heterocycles. The van der Waals surface area contributed by atoms with Crippen LogP contribution in [0.5, 0.6) is 0 Å². The van der Waals surface area contributed by atoms with Crippen LogP contribution in [0.1, 0.15) is 25.5 Å². The highest BCUT2D eigenvalue weighted by Crippen LogP contribution is 2.31. The Hall–Kier alpha value is -1.10. The molecule has 0 aromatic carbocycles. The van der Waals surface area contributed by atoms with Crippen LogP contribution in [0.4, 0.5) is 5.82 Å². The van der Waals surface area contributed by atoms with E-state index in [2.05, 4.69) is 39.9 Å². The quantitative estimate of drug-likeness (QED) is 0.865. The number of fused-ring (bicyclic) bond motifs is 1. The van der Waals surface area contributed by atoms with Crippen LogP contribution in [-0.4, -0.2) is 14.8 Å². The molecule has 0 aliphatic rings. The van der Waals surface area contributed by atoms with E-state index in [-0.39, 0.29) is 0 Å². The molecule has 0 aliphatic carbocycles. The predicted molar refractivity (Wildman–Crippen MR) is 64.8 cm³/mol. The summed E-state index contributed by atoms with van der Waals surface area (Å²) in [5.41, 5.74) is 7.99. The van der Waals surface area contributed by atoms with Crippen LogP contribution in [0.25, 0.3) is 10.9 Å². The minimum Gasteiger partial charge on any atom is -0.383 e. The van der Waals surface area contributed by atoms with Gasteiger partial charge in [0.2, 0.25) is 0 Å². The summed E-state index contributed by atoms with van der Waals surface area (Å²) in [6.07, 6.45) is 1.78. The van der Waals surface area contributed by atoms with Crippen molar-refractivity contribution >= 4 is 32.7 Å². The van der Waals surface area contributed by atoms with Crippen molar-refractivity contribution in [2.75, 3.05) is 5.73 Å². The molecule has 2 aromatic heterocycles. The van der Waals surface area contributed by atoms with Crippen molar-refractivity contribution in [3.05, 3.63) is 16.4 Å². The van der Waals surface area contributed by atoms with Crippen LogP contribution in [0.2, 0.25) is 0 Å². The van der Waals surface area contributed by atoms with Gasteiger partial charge in [-0.15, -0.1) is 0 Å². The first-order valence-corrected chi connectivity index (χ1v) is 5.60. The molecule has 2 rings (SSSR count). The Morgan fingerprint density at radius 3 is 2.73 bits per heavy atom. The molecule has 2 N–H and O–H groups in total. The molecule has 0 radical (unpaired) electrons. The average molecular weight is 269 g/mol. The van der Waals surface area contributed by atoms with Crippen molar-refractivity contribution in [3.8, 4) is 0 Å². The van der Waals surface area contributed by atoms with Crippen molar-refractivity contribution in [2.45, 2.75) is 26.8 Å². The van der Waals surface area contributed by atoms with Crippen LogP contribution in [-0.2, 0) is 0 Å². The number of nitrogens with zero attached hydrogens (tertiary/aromatic N) is 3. The number of pyridine rings is 1. The van der Waals surface area contributed by atoms with Crippen LogP contribution < -0.4 is 5.73 Å². The van der Waals surface area contributed by atoms with Crippen LogP contribution >= 0.6 is 15.9 Å². The molecule has 80 valence electrons. The Balaban J connectivity index is 2.92. The molecule has 0 fully saturated rings. The first-order valence-electron chi connectivity index (χ1n) is 4.81. The third-order valence-electron chi connectivity index (χ3n) is 2.38. The fourth-order valence-corrected chi connectivity index (χ4v) is 2.24. The van der Waals surface area contributed by atoms with Crippen molar-refractivity contribution in [2.24, 2.45) is 0 Å². The lowest BCUT2D eigenvalue weighted by molar-refractivity contribution is 0.547. The van der Waals surface area contributed by atoms with Crippen molar-refractivity contribution in [1.82, 2.24) is 14.8 Å². The molecule has 0 bridgehead atoms. The SMILES string of the molecule is Cc1cnc(N)c2c(Br)nn(C(C)C)c12. The summed E-state index contributed by atoms with van der Waals surface area (Å²) in [6.45, 7) is 6.20. The molecular formula is C10H13BrN4. The van der Waals surface area contributed by atoms with E-state index in [1.807, 2.05) is 11.6 Å². The predicted octanol–water partition coefficient (Wildman–Crippen LogP) is 2.67. The second-order valence-electron chi connectivity index (χ2n) is 3.88. The van der Waals surface area contributed by atoms with E-state index in [1.165, 1.54) is 0 Å². The van der Waals surface area contributed by atoms with E-state index >= 15 is 0 Å². The van der Waals surface area contributed by atoms with E-state index in [9.17, 15) is 0 Å². The maximum atomic E-state index is 5.84. The van der Waals surface area contributed by atoms with Gasteiger partial charge in [0.1, 0.15) is 10.4 Å². The number of nitrogens with two attached hydrogens (primary N) is 1. The van der Waals surface area contributed by atoms with Gasteiger partial charge in [-0.2, -0.15) is 5.10 Å². The summed E-state index contributed by atoms with van der Waals surface area (Å²) in [6, 6.07) is 0.305. The lowest BCUT2D eigenvalue weighted by atomic mass is 10.2. The first-order chi connectivity index (χ1) is 7.02. The fraction of sp³-hybridized carbons (Fsp3) is 0.400. The molecule has 5 heteroatoms. The van der Waals surface area contributed by atoms with E-state index in [0.717, 1.165) is 21.1 Å². The summed E-state index contributed by atoms with van der Waals surface area (Å²) in [5.74, 6) is 0.523. The summed E-state index contributed by atoms with van der Waals surface area (Å²) in [4.78, 5) is 4.13. The zero-order valence-corrected chi connectivity index (χ0v) is 10.5. The van der Waals surface area contributed by atoms with E-state index in [1.54, 1.807) is 6.20 Å². The smallest absolute Gasteiger partial charge is 0.139 e. The Bertz CT molecular complexity index is 516. The highest BCUT2D eigenvalue weighted by Gasteiger charge is 2.15. The van der Waals surface area contributed by atoms with Crippen LogP contribution in [0.3, 0.4) is 0 Å². The minimum absolute atomic E-state index is 0.305. The van der Waals surface area contributed by atoms with E-state index in [4.69, 9.17) is 5.73 Å². The van der Waals surface area contributed by atoms with Crippen molar-refractivity contribution in [1.29, 1.82) is 0 Å². The third-order valence-corrected chi connectivity index (χ3v) is 2.94. The number of rotatable bonds is 1. The maximum Gasteiger partial charge on any atom is 0.139 e. The van der Waals surface area contributed by atoms with Gasteiger partial charge in [-0.05, 0) is 42.3 Å². The van der Waals surface area contributed by atoms with Gasteiger partial charge in [0.05, 0.1) is 10.9 Å². The minimum atomic E-state index is 0.305. The molecule has 0 spiro atoms. The second-order valence-corrected chi connectivity index (χ2v) is 4.63. The van der Waals surface area contributed by atoms with Gasteiger partial charge < -0.3 is 5.73 Å². The number of nitrogen functional groups attached to an aromatic ring is 1. The first kappa shape index (κ1) is 10.4. The lowest BCUT2D eigenvalue weighted by Crippen LogP contribution is -2.04. The summed E-state index contributed by atoms with van der Waals surface area (Å²) in [7, 11) is 0. The molecule has 0 amide bonds. The fourth-order valence-electron chi connectivity index (χ4n) is 1.68. The lowest BCUT2D eigenvalue weighted by Gasteiger charge is -2.08. The number of aryl methyl sites for hydroxylation is 1. The van der Waals surface area contributed by atoms with Gasteiger partial charge in [0.15, 0.2) is 0 Å². The Kier molecular flexibility index (Phi) is 2.42. The standard InChI is InChI=1S/C10H13BrN4/c1-5(2)15-8-6(3)4-13-10(12)7(8)9(11)14-15/h4-5H,1-3H3,(H2,12,13). The highest BCUT2D eigenvalue weighted by atomic mass is 79.9. The number of hydrogen-bond acceptors (Lipinski definition) is 3. The molecule has 0 unspecified atom stereocenters. The molecule has 4 nitrogen and oxygen atoms in total. The third kappa shape index (κ3) is 1.51. The largest absolute Gasteiger partial charge is 0.383 e. The van der Waals surface area contributed by atoms with Gasteiger partial charge >= 0.3 is 0 Å². The summed E-state index contributed by atoms with van der Waals surface area (Å²) >= 11 is 3.42. The Morgan fingerprint density at radius 2 is 2.13 bits per heavy atom.